The van der Waals surface area contributed by atoms with E-state index in [4.69, 9.17) is 0 Å². The Balaban J connectivity index is 3.23. The summed E-state index contributed by atoms with van der Waals surface area (Å²) in [6.45, 7) is 2.46. The van der Waals surface area contributed by atoms with Crippen molar-refractivity contribution in [3.8, 4) is 0 Å². The summed E-state index contributed by atoms with van der Waals surface area (Å²) in [5, 5.41) is 0. The van der Waals surface area contributed by atoms with Crippen LogP contribution in [0.2, 0.25) is 0 Å². The fourth-order valence-corrected chi connectivity index (χ4v) is 2.38. The summed E-state index contributed by atoms with van der Waals surface area (Å²) in [4.78, 5) is 43.3. The molecule has 0 saturated heterocycles. The second kappa shape index (κ2) is 14.8. The van der Waals surface area contributed by atoms with Gasteiger partial charge in [0.2, 0.25) is 0 Å². The molecule has 0 aromatic rings. The lowest BCUT2D eigenvalue weighted by atomic mass is 10.1. The van der Waals surface area contributed by atoms with Crippen molar-refractivity contribution in [2.24, 2.45) is 0 Å². The van der Waals surface area contributed by atoms with Crippen LogP contribution >= 0.6 is 0 Å². The van der Waals surface area contributed by atoms with Crippen LogP contribution in [0.15, 0.2) is 0 Å². The minimum Gasteiger partial charge on any atom is -0.393 e. The first-order valence-corrected chi connectivity index (χ1v) is 8.84. The fourth-order valence-electron chi connectivity index (χ4n) is 2.38. The Kier molecular flexibility index (Phi) is 13.8. The van der Waals surface area contributed by atoms with Crippen LogP contribution in [0.4, 0.5) is 0 Å². The summed E-state index contributed by atoms with van der Waals surface area (Å²) < 4.78 is 8.90. The number of ether oxygens (including phenoxy) is 2. The predicted octanol–water partition coefficient (Wildman–Crippen LogP) is 3.85. The Morgan fingerprint density at radius 3 is 1.00 bits per heavy atom. The summed E-state index contributed by atoms with van der Waals surface area (Å²) in [5.41, 5.74) is 0. The van der Waals surface area contributed by atoms with E-state index in [2.05, 4.69) is 9.47 Å². The van der Waals surface area contributed by atoms with Gasteiger partial charge in [0, 0.05) is 26.7 Å². The van der Waals surface area contributed by atoms with Gasteiger partial charge in [-0.2, -0.15) is 0 Å². The van der Waals surface area contributed by atoms with Gasteiger partial charge in [0.05, 0.1) is 0 Å². The number of esters is 4. The summed E-state index contributed by atoms with van der Waals surface area (Å²) in [7, 11) is 0. The molecule has 0 aliphatic rings. The topological polar surface area (TPSA) is 86.7 Å². The quantitative estimate of drug-likeness (QED) is 0.287. The Bertz CT molecular complexity index is 364. The molecule has 0 fully saturated rings. The van der Waals surface area contributed by atoms with Crippen LogP contribution in [0.25, 0.3) is 0 Å². The maximum absolute atomic E-state index is 11.1. The number of hydrogen-bond acceptors (Lipinski definition) is 6. The normalized spacial score (nSPS) is 10.2. The van der Waals surface area contributed by atoms with Crippen LogP contribution in [0.3, 0.4) is 0 Å². The van der Waals surface area contributed by atoms with E-state index in [9.17, 15) is 19.2 Å². The molecule has 0 heterocycles. The van der Waals surface area contributed by atoms with E-state index in [1.54, 1.807) is 0 Å². The van der Waals surface area contributed by atoms with E-state index in [-0.39, 0.29) is 0 Å². The molecule has 0 aliphatic carbocycles. The van der Waals surface area contributed by atoms with Crippen molar-refractivity contribution in [1.82, 2.24) is 0 Å². The maximum Gasteiger partial charge on any atom is 0.313 e. The number of rotatable bonds is 13. The molecular formula is C18H30O6. The molecule has 0 bridgehead atoms. The van der Waals surface area contributed by atoms with Crippen LogP contribution in [0.5, 0.6) is 0 Å². The molecule has 0 rings (SSSR count). The van der Waals surface area contributed by atoms with Gasteiger partial charge in [-0.25, -0.2) is 0 Å². The molecule has 0 N–H and O–H groups in total. The molecule has 6 heteroatoms. The monoisotopic (exact) mass is 342 g/mol. The highest BCUT2D eigenvalue weighted by atomic mass is 16.6. The van der Waals surface area contributed by atoms with Crippen molar-refractivity contribution in [3.63, 3.8) is 0 Å². The van der Waals surface area contributed by atoms with Gasteiger partial charge in [-0.05, 0) is 12.8 Å². The van der Waals surface area contributed by atoms with Crippen molar-refractivity contribution < 1.29 is 28.7 Å². The molecule has 0 saturated carbocycles. The van der Waals surface area contributed by atoms with Gasteiger partial charge in [0.25, 0.3) is 0 Å². The van der Waals surface area contributed by atoms with Crippen molar-refractivity contribution in [1.29, 1.82) is 0 Å². The van der Waals surface area contributed by atoms with E-state index in [1.807, 2.05) is 0 Å². The first-order chi connectivity index (χ1) is 11.4. The molecule has 138 valence electrons. The average molecular weight is 342 g/mol. The first kappa shape index (κ1) is 22.3. The highest BCUT2D eigenvalue weighted by molar-refractivity contribution is 5.84. The smallest absolute Gasteiger partial charge is 0.313 e. The van der Waals surface area contributed by atoms with E-state index >= 15 is 0 Å². The highest BCUT2D eigenvalue weighted by Crippen LogP contribution is 2.12. The van der Waals surface area contributed by atoms with Crippen LogP contribution in [-0.2, 0) is 28.7 Å². The molecule has 0 spiro atoms. The Labute approximate surface area is 144 Å². The van der Waals surface area contributed by atoms with E-state index in [0.717, 1.165) is 51.4 Å². The summed E-state index contributed by atoms with van der Waals surface area (Å²) in [5.74, 6) is -1.96. The standard InChI is InChI=1S/C18H30O6/c1-15(19)23-17(21)13-11-9-7-5-3-4-6-8-10-12-14-18(22)24-16(2)20/h3-14H2,1-2H3. The van der Waals surface area contributed by atoms with Gasteiger partial charge in [-0.15, -0.1) is 0 Å². The third-order valence-corrected chi connectivity index (χ3v) is 3.53. The van der Waals surface area contributed by atoms with Gasteiger partial charge in [-0.3, -0.25) is 19.2 Å². The number of carbonyl (C=O) groups is 4. The minimum atomic E-state index is -0.546. The lowest BCUT2D eigenvalue weighted by molar-refractivity contribution is -0.159. The van der Waals surface area contributed by atoms with Gasteiger partial charge in [-0.1, -0.05) is 51.4 Å². The molecule has 0 unspecified atom stereocenters. The zero-order chi connectivity index (χ0) is 18.2. The average Bonchev–Trinajstić information content (AvgIpc) is 2.46. The van der Waals surface area contributed by atoms with Gasteiger partial charge < -0.3 is 9.47 Å². The summed E-state index contributed by atoms with van der Waals surface area (Å²) in [6.07, 6.45) is 10.9. The number of carbonyl (C=O) groups excluding carboxylic acids is 4. The lowest BCUT2D eigenvalue weighted by Gasteiger charge is -2.03. The van der Waals surface area contributed by atoms with E-state index in [1.165, 1.54) is 26.7 Å². The molecule has 0 aromatic heterocycles. The second-order valence-corrected chi connectivity index (χ2v) is 5.97. The Morgan fingerprint density at radius 2 is 0.750 bits per heavy atom. The fraction of sp³-hybridized carbons (Fsp3) is 0.778. The van der Waals surface area contributed by atoms with Crippen LogP contribution in [-0.4, -0.2) is 23.9 Å². The molecule has 0 amide bonds. The lowest BCUT2D eigenvalue weighted by Crippen LogP contribution is -2.08. The Hall–Kier alpha value is -1.72. The molecular weight excluding hydrogens is 312 g/mol. The Morgan fingerprint density at radius 1 is 0.500 bits per heavy atom. The zero-order valence-electron chi connectivity index (χ0n) is 14.9. The minimum absolute atomic E-state index is 0.311. The molecule has 6 nitrogen and oxygen atoms in total. The van der Waals surface area contributed by atoms with Crippen LogP contribution in [0.1, 0.15) is 90.9 Å². The summed E-state index contributed by atoms with van der Waals surface area (Å²) >= 11 is 0. The SMILES string of the molecule is CC(=O)OC(=O)CCCCCCCCCCCCC(=O)OC(C)=O. The summed E-state index contributed by atoms with van der Waals surface area (Å²) in [6, 6.07) is 0. The predicted molar refractivity (Wildman–Crippen MR) is 89.0 cm³/mol. The van der Waals surface area contributed by atoms with Crippen molar-refractivity contribution in [2.75, 3.05) is 0 Å². The number of hydrogen-bond donors (Lipinski definition) is 0. The van der Waals surface area contributed by atoms with Crippen molar-refractivity contribution in [3.05, 3.63) is 0 Å². The van der Waals surface area contributed by atoms with E-state index in [0.29, 0.717) is 12.8 Å². The molecule has 0 radical (unpaired) electrons. The molecule has 24 heavy (non-hydrogen) atoms. The highest BCUT2D eigenvalue weighted by Gasteiger charge is 2.06. The largest absolute Gasteiger partial charge is 0.393 e. The van der Waals surface area contributed by atoms with Crippen molar-refractivity contribution >= 4 is 23.9 Å². The first-order valence-electron chi connectivity index (χ1n) is 8.84. The third kappa shape index (κ3) is 16.6. The molecule has 0 aromatic carbocycles. The second-order valence-electron chi connectivity index (χ2n) is 5.97. The molecule has 0 aliphatic heterocycles. The number of unbranched alkanes of at least 4 members (excludes halogenated alkanes) is 9. The van der Waals surface area contributed by atoms with Crippen molar-refractivity contribution in [2.45, 2.75) is 90.9 Å². The van der Waals surface area contributed by atoms with Gasteiger partial charge in [0.15, 0.2) is 0 Å². The molecule has 0 atom stereocenters. The van der Waals surface area contributed by atoms with E-state index < -0.39 is 23.9 Å². The van der Waals surface area contributed by atoms with Crippen LogP contribution in [0, 0.1) is 0 Å². The zero-order valence-corrected chi connectivity index (χ0v) is 14.9. The van der Waals surface area contributed by atoms with Crippen LogP contribution < -0.4 is 0 Å². The third-order valence-electron chi connectivity index (χ3n) is 3.53. The van der Waals surface area contributed by atoms with Gasteiger partial charge >= 0.3 is 23.9 Å². The maximum atomic E-state index is 11.1. The van der Waals surface area contributed by atoms with Gasteiger partial charge in [0.1, 0.15) is 0 Å².